The van der Waals surface area contributed by atoms with Crippen LogP contribution in [0.4, 0.5) is 0 Å². The molecule has 2 heterocycles. The summed E-state index contributed by atoms with van der Waals surface area (Å²) in [4.78, 5) is 24.3. The molecule has 1 N–H and O–H groups in total. The Kier molecular flexibility index (Phi) is 3.14. The zero-order valence-corrected chi connectivity index (χ0v) is 11.6. The number of methoxy groups -OCH3 is 1. The molecule has 3 rings (SSSR count). The van der Waals surface area contributed by atoms with Crippen molar-refractivity contribution in [3.05, 3.63) is 59.4 Å². The summed E-state index contributed by atoms with van der Waals surface area (Å²) in [5.74, 6) is -0.825. The van der Waals surface area contributed by atoms with Crippen molar-refractivity contribution in [1.82, 2.24) is 4.57 Å². The fraction of sp³-hybridized carbons (Fsp3) is 0.250. The number of ether oxygens (including phenoxy) is 1. The first kappa shape index (κ1) is 13.6. The van der Waals surface area contributed by atoms with Crippen molar-refractivity contribution in [3.8, 4) is 0 Å². The minimum atomic E-state index is -1.66. The van der Waals surface area contributed by atoms with E-state index >= 15 is 0 Å². The van der Waals surface area contributed by atoms with Crippen LogP contribution in [0.25, 0.3) is 0 Å². The van der Waals surface area contributed by atoms with Gasteiger partial charge in [0.2, 0.25) is 11.4 Å². The SMILES string of the molecule is COC(=O)[C@@]1(O)CCn2c(C(=O)c3ccccc3)ccc21. The van der Waals surface area contributed by atoms with Gasteiger partial charge in [-0.2, -0.15) is 0 Å². The second-order valence-corrected chi connectivity index (χ2v) is 5.05. The number of benzene rings is 1. The Hall–Kier alpha value is -2.40. The van der Waals surface area contributed by atoms with E-state index in [9.17, 15) is 14.7 Å². The standard InChI is InChI=1S/C16H15NO4/c1-21-15(19)16(20)9-10-17-12(7-8-13(16)17)14(18)11-5-3-2-4-6-11/h2-8,20H,9-10H2,1H3/t16-/m1/s1. The molecule has 21 heavy (non-hydrogen) atoms. The lowest BCUT2D eigenvalue weighted by atomic mass is 9.99. The molecule has 0 spiro atoms. The minimum absolute atomic E-state index is 0.129. The summed E-state index contributed by atoms with van der Waals surface area (Å²) < 4.78 is 6.35. The third kappa shape index (κ3) is 1.97. The number of ketones is 1. The molecule has 1 aliphatic heterocycles. The summed E-state index contributed by atoms with van der Waals surface area (Å²) in [5.41, 5.74) is -0.208. The van der Waals surface area contributed by atoms with Crippen molar-refractivity contribution < 1.29 is 19.4 Å². The molecule has 0 aliphatic carbocycles. The van der Waals surface area contributed by atoms with Crippen LogP contribution in [0.1, 0.15) is 28.2 Å². The van der Waals surface area contributed by atoms with Gasteiger partial charge in [0.25, 0.3) is 0 Å². The maximum atomic E-state index is 12.5. The molecule has 1 aromatic carbocycles. The molecule has 1 atom stereocenters. The zero-order chi connectivity index (χ0) is 15.0. The fourth-order valence-corrected chi connectivity index (χ4v) is 2.78. The number of aromatic nitrogens is 1. The van der Waals surface area contributed by atoms with Gasteiger partial charge < -0.3 is 14.4 Å². The van der Waals surface area contributed by atoms with E-state index in [2.05, 4.69) is 4.74 Å². The summed E-state index contributed by atoms with van der Waals surface area (Å²) in [6.07, 6.45) is 0.213. The topological polar surface area (TPSA) is 68.5 Å². The lowest BCUT2D eigenvalue weighted by molar-refractivity contribution is -0.163. The molecule has 2 aromatic rings. The highest BCUT2D eigenvalue weighted by Gasteiger charge is 2.46. The molecule has 0 amide bonds. The van der Waals surface area contributed by atoms with Crippen molar-refractivity contribution in [1.29, 1.82) is 0 Å². The van der Waals surface area contributed by atoms with Crippen LogP contribution in [-0.4, -0.2) is 28.5 Å². The highest BCUT2D eigenvalue weighted by molar-refractivity contribution is 6.08. The highest BCUT2D eigenvalue weighted by Crippen LogP contribution is 2.35. The first-order valence-corrected chi connectivity index (χ1v) is 6.68. The number of carbonyl (C=O) groups is 2. The first-order chi connectivity index (χ1) is 10.1. The van der Waals surface area contributed by atoms with E-state index in [0.717, 1.165) is 0 Å². The predicted molar refractivity (Wildman–Crippen MR) is 74.8 cm³/mol. The van der Waals surface area contributed by atoms with Crippen LogP contribution in [0.5, 0.6) is 0 Å². The van der Waals surface area contributed by atoms with Crippen molar-refractivity contribution in [2.45, 2.75) is 18.6 Å². The number of carbonyl (C=O) groups excluding carboxylic acids is 2. The molecule has 1 aromatic heterocycles. The van der Waals surface area contributed by atoms with E-state index in [1.807, 2.05) is 6.07 Å². The van der Waals surface area contributed by atoms with E-state index in [0.29, 0.717) is 23.5 Å². The summed E-state index contributed by atoms with van der Waals surface area (Å²) in [5, 5.41) is 10.5. The third-order valence-corrected chi connectivity index (χ3v) is 3.89. The Balaban J connectivity index is 2.01. The van der Waals surface area contributed by atoms with Crippen LogP contribution < -0.4 is 0 Å². The number of rotatable bonds is 3. The van der Waals surface area contributed by atoms with Gasteiger partial charge in [-0.3, -0.25) is 4.79 Å². The lowest BCUT2D eigenvalue weighted by Crippen LogP contribution is -2.34. The van der Waals surface area contributed by atoms with Gasteiger partial charge in [-0.05, 0) is 12.1 Å². The Bertz CT molecular complexity index is 704. The van der Waals surface area contributed by atoms with Crippen molar-refractivity contribution in [3.63, 3.8) is 0 Å². The number of hydrogen-bond donors (Lipinski definition) is 1. The Morgan fingerprint density at radius 3 is 2.57 bits per heavy atom. The second-order valence-electron chi connectivity index (χ2n) is 5.05. The van der Waals surface area contributed by atoms with Crippen LogP contribution in [0.15, 0.2) is 42.5 Å². The third-order valence-electron chi connectivity index (χ3n) is 3.89. The molecule has 0 radical (unpaired) electrons. The maximum absolute atomic E-state index is 12.5. The van der Waals surface area contributed by atoms with E-state index in [1.54, 1.807) is 41.0 Å². The first-order valence-electron chi connectivity index (χ1n) is 6.68. The van der Waals surface area contributed by atoms with E-state index in [1.165, 1.54) is 7.11 Å². The Labute approximate surface area is 121 Å². The lowest BCUT2D eigenvalue weighted by Gasteiger charge is -2.18. The molecule has 0 fully saturated rings. The van der Waals surface area contributed by atoms with Gasteiger partial charge >= 0.3 is 5.97 Å². The van der Waals surface area contributed by atoms with Gasteiger partial charge in [-0.15, -0.1) is 0 Å². The molecule has 5 nitrogen and oxygen atoms in total. The van der Waals surface area contributed by atoms with Crippen molar-refractivity contribution >= 4 is 11.8 Å². The summed E-state index contributed by atoms with van der Waals surface area (Å²) in [6, 6.07) is 12.2. The molecular formula is C16H15NO4. The molecule has 0 unspecified atom stereocenters. The Morgan fingerprint density at radius 2 is 1.90 bits per heavy atom. The van der Waals surface area contributed by atoms with E-state index in [-0.39, 0.29) is 12.2 Å². The smallest absolute Gasteiger partial charge is 0.344 e. The van der Waals surface area contributed by atoms with E-state index in [4.69, 9.17) is 0 Å². The predicted octanol–water partition coefficient (Wildman–Crippen LogP) is 1.48. The van der Waals surface area contributed by atoms with Crippen molar-refractivity contribution in [2.24, 2.45) is 0 Å². The van der Waals surface area contributed by atoms with Gasteiger partial charge in [0, 0.05) is 18.5 Å². The molecule has 0 bridgehead atoms. The molecule has 1 aliphatic rings. The van der Waals surface area contributed by atoms with E-state index < -0.39 is 11.6 Å². The highest BCUT2D eigenvalue weighted by atomic mass is 16.5. The monoisotopic (exact) mass is 285 g/mol. The molecule has 5 heteroatoms. The number of nitrogens with zero attached hydrogens (tertiary/aromatic N) is 1. The van der Waals surface area contributed by atoms with Crippen molar-refractivity contribution in [2.75, 3.05) is 7.11 Å². The minimum Gasteiger partial charge on any atom is -0.467 e. The summed E-state index contributed by atoms with van der Waals surface area (Å²) >= 11 is 0. The number of fused-ring (bicyclic) bond motifs is 1. The van der Waals surface area contributed by atoms with Crippen LogP contribution in [0.3, 0.4) is 0 Å². The second kappa shape index (κ2) is 4.86. The molecular weight excluding hydrogens is 270 g/mol. The average molecular weight is 285 g/mol. The normalized spacial score (nSPS) is 20.1. The van der Waals surface area contributed by atoms with Crippen LogP contribution in [-0.2, 0) is 21.7 Å². The van der Waals surface area contributed by atoms with Crippen LogP contribution in [0, 0.1) is 0 Å². The summed E-state index contributed by atoms with van der Waals surface area (Å²) in [6.45, 7) is 0.405. The zero-order valence-electron chi connectivity index (χ0n) is 11.6. The van der Waals surface area contributed by atoms with Gasteiger partial charge in [0.1, 0.15) is 0 Å². The Morgan fingerprint density at radius 1 is 1.19 bits per heavy atom. The number of aliphatic hydroxyl groups is 1. The largest absolute Gasteiger partial charge is 0.467 e. The molecule has 0 saturated heterocycles. The fourth-order valence-electron chi connectivity index (χ4n) is 2.78. The quantitative estimate of drug-likeness (QED) is 0.685. The van der Waals surface area contributed by atoms with Crippen LogP contribution >= 0.6 is 0 Å². The molecule has 0 saturated carbocycles. The number of esters is 1. The average Bonchev–Trinajstić information content (AvgIpc) is 3.09. The van der Waals surface area contributed by atoms with Gasteiger partial charge in [0.15, 0.2) is 0 Å². The van der Waals surface area contributed by atoms with Gasteiger partial charge in [0.05, 0.1) is 18.5 Å². The van der Waals surface area contributed by atoms with Crippen LogP contribution in [0.2, 0.25) is 0 Å². The van der Waals surface area contributed by atoms with Gasteiger partial charge in [-0.25, -0.2) is 4.79 Å². The maximum Gasteiger partial charge on any atom is 0.344 e. The number of hydrogen-bond acceptors (Lipinski definition) is 4. The van der Waals surface area contributed by atoms with Gasteiger partial charge in [-0.1, -0.05) is 30.3 Å². The molecule has 108 valence electrons. The summed E-state index contributed by atoms with van der Waals surface area (Å²) in [7, 11) is 1.24.